The van der Waals surface area contributed by atoms with Crippen molar-refractivity contribution in [3.8, 4) is 0 Å². The van der Waals surface area contributed by atoms with Crippen LogP contribution in [-0.4, -0.2) is 39.6 Å². The van der Waals surface area contributed by atoms with E-state index in [1.165, 1.54) is 10.9 Å². The summed E-state index contributed by atoms with van der Waals surface area (Å²) in [6.07, 6.45) is 4.72. The van der Waals surface area contributed by atoms with Crippen molar-refractivity contribution in [1.82, 2.24) is 14.8 Å². The molecule has 22 heavy (non-hydrogen) atoms. The molecule has 8 heteroatoms. The van der Waals surface area contributed by atoms with Crippen LogP contribution in [-0.2, 0) is 17.8 Å². The maximum atomic E-state index is 14.0. The van der Waals surface area contributed by atoms with E-state index >= 15 is 0 Å². The molecule has 2 aliphatic heterocycles. The molecule has 0 aromatic carbocycles. The number of ether oxygens (including phenoxy) is 1. The predicted molar refractivity (Wildman–Crippen MR) is 76.6 cm³/mol. The smallest absolute Gasteiger partial charge is 0.259 e. The minimum absolute atomic E-state index is 0.0809. The number of alkyl halides is 1. The largest absolute Gasteiger partial charge is 0.374 e. The third kappa shape index (κ3) is 2.08. The molecule has 1 amide bonds. The van der Waals surface area contributed by atoms with Gasteiger partial charge in [0.25, 0.3) is 5.91 Å². The topological polar surface area (TPSA) is 60.2 Å². The van der Waals surface area contributed by atoms with Gasteiger partial charge in [0, 0.05) is 23.5 Å². The Morgan fingerprint density at radius 2 is 2.27 bits per heavy atom. The molecule has 0 bridgehead atoms. The van der Waals surface area contributed by atoms with Crippen molar-refractivity contribution in [1.29, 1.82) is 0 Å². The molecule has 1 fully saturated rings. The number of rotatable bonds is 3. The second-order valence-electron chi connectivity index (χ2n) is 5.56. The van der Waals surface area contributed by atoms with Crippen molar-refractivity contribution in [2.45, 2.75) is 18.8 Å². The SMILES string of the molecule is O=C1c2ccnc(Cl)c2CN1c1cnn(CC2(F)COC2)c1. The van der Waals surface area contributed by atoms with Gasteiger partial charge in [-0.25, -0.2) is 9.37 Å². The number of halogens is 2. The van der Waals surface area contributed by atoms with Crippen LogP contribution in [0.25, 0.3) is 0 Å². The van der Waals surface area contributed by atoms with Crippen molar-refractivity contribution in [3.05, 3.63) is 40.9 Å². The highest BCUT2D eigenvalue weighted by Crippen LogP contribution is 2.31. The monoisotopic (exact) mass is 322 g/mol. The first-order valence-electron chi connectivity index (χ1n) is 6.80. The van der Waals surface area contributed by atoms with Crippen LogP contribution in [0.5, 0.6) is 0 Å². The fraction of sp³-hybridized carbons (Fsp3) is 0.357. The first-order chi connectivity index (χ1) is 10.6. The van der Waals surface area contributed by atoms with Crippen molar-refractivity contribution in [2.24, 2.45) is 0 Å². The summed E-state index contributed by atoms with van der Waals surface area (Å²) in [5.41, 5.74) is 0.494. The van der Waals surface area contributed by atoms with Gasteiger partial charge >= 0.3 is 0 Å². The van der Waals surface area contributed by atoms with Gasteiger partial charge in [-0.2, -0.15) is 5.10 Å². The van der Waals surface area contributed by atoms with E-state index < -0.39 is 5.67 Å². The van der Waals surface area contributed by atoms with E-state index in [4.69, 9.17) is 16.3 Å². The molecule has 0 N–H and O–H groups in total. The number of carbonyl (C=O) groups excluding carboxylic acids is 1. The fourth-order valence-corrected chi connectivity index (χ4v) is 2.90. The summed E-state index contributed by atoms with van der Waals surface area (Å²) in [7, 11) is 0. The molecule has 2 aromatic rings. The number of fused-ring (bicyclic) bond motifs is 1. The minimum atomic E-state index is -1.37. The summed E-state index contributed by atoms with van der Waals surface area (Å²) in [4.78, 5) is 18.0. The van der Waals surface area contributed by atoms with E-state index in [9.17, 15) is 9.18 Å². The van der Waals surface area contributed by atoms with Crippen molar-refractivity contribution in [3.63, 3.8) is 0 Å². The highest BCUT2D eigenvalue weighted by Gasteiger charge is 2.40. The number of anilines is 1. The Balaban J connectivity index is 1.58. The molecule has 0 atom stereocenters. The summed E-state index contributed by atoms with van der Waals surface area (Å²) in [5.74, 6) is -0.152. The van der Waals surface area contributed by atoms with Gasteiger partial charge in [-0.3, -0.25) is 9.48 Å². The molecule has 114 valence electrons. The number of pyridine rings is 1. The third-order valence-electron chi connectivity index (χ3n) is 3.89. The minimum Gasteiger partial charge on any atom is -0.374 e. The van der Waals surface area contributed by atoms with Crippen LogP contribution in [0.4, 0.5) is 10.1 Å². The van der Waals surface area contributed by atoms with Gasteiger partial charge in [0.2, 0.25) is 0 Å². The van der Waals surface area contributed by atoms with E-state index in [0.717, 1.165) is 0 Å². The second-order valence-corrected chi connectivity index (χ2v) is 5.92. The van der Waals surface area contributed by atoms with Gasteiger partial charge < -0.3 is 9.64 Å². The number of carbonyl (C=O) groups is 1. The van der Waals surface area contributed by atoms with Crippen molar-refractivity contribution < 1.29 is 13.9 Å². The molecule has 2 aromatic heterocycles. The summed E-state index contributed by atoms with van der Waals surface area (Å²) in [6, 6.07) is 1.65. The second kappa shape index (κ2) is 4.76. The first kappa shape index (κ1) is 13.7. The molecule has 0 spiro atoms. The highest BCUT2D eigenvalue weighted by atomic mass is 35.5. The van der Waals surface area contributed by atoms with E-state index in [2.05, 4.69) is 10.1 Å². The number of hydrogen-bond donors (Lipinski definition) is 0. The van der Waals surface area contributed by atoms with Crippen LogP contribution >= 0.6 is 11.6 Å². The lowest BCUT2D eigenvalue weighted by atomic mass is 10.1. The maximum Gasteiger partial charge on any atom is 0.259 e. The summed E-state index contributed by atoms with van der Waals surface area (Å²) in [6.45, 7) is 0.621. The molecular weight excluding hydrogens is 311 g/mol. The third-order valence-corrected chi connectivity index (χ3v) is 4.22. The van der Waals surface area contributed by atoms with E-state index in [1.54, 1.807) is 23.4 Å². The standard InChI is InChI=1S/C14H12ClFN4O2/c15-12-11-5-20(13(21)10(11)1-2-17-12)9-3-18-19(4-9)6-14(16)7-22-8-14/h1-4H,5-8H2. The van der Waals surface area contributed by atoms with Gasteiger partial charge in [0.15, 0.2) is 5.67 Å². The van der Waals surface area contributed by atoms with E-state index in [1.807, 2.05) is 0 Å². The quantitative estimate of drug-likeness (QED) is 0.809. The van der Waals surface area contributed by atoms with Gasteiger partial charge in [0.05, 0.1) is 38.2 Å². The van der Waals surface area contributed by atoms with Gasteiger partial charge in [-0.1, -0.05) is 11.6 Å². The highest BCUT2D eigenvalue weighted by molar-refractivity contribution is 6.31. The Morgan fingerprint density at radius 3 is 2.95 bits per heavy atom. The molecule has 4 rings (SSSR count). The zero-order valence-corrected chi connectivity index (χ0v) is 12.3. The van der Waals surface area contributed by atoms with Crippen LogP contribution in [0.2, 0.25) is 5.15 Å². The van der Waals surface area contributed by atoms with Crippen LogP contribution in [0.3, 0.4) is 0 Å². The van der Waals surface area contributed by atoms with Crippen molar-refractivity contribution >= 4 is 23.2 Å². The average Bonchev–Trinajstić information content (AvgIpc) is 3.04. The van der Waals surface area contributed by atoms with E-state index in [-0.39, 0.29) is 25.7 Å². The normalized spacial score (nSPS) is 19.2. The lowest BCUT2D eigenvalue weighted by Crippen LogP contribution is -2.48. The van der Waals surface area contributed by atoms with E-state index in [0.29, 0.717) is 28.5 Å². The zero-order valence-electron chi connectivity index (χ0n) is 11.5. The molecule has 0 saturated carbocycles. The summed E-state index contributed by atoms with van der Waals surface area (Å²) >= 11 is 6.03. The number of hydrogen-bond acceptors (Lipinski definition) is 4. The Morgan fingerprint density at radius 1 is 1.45 bits per heavy atom. The Kier molecular flexibility index (Phi) is 2.95. The van der Waals surface area contributed by atoms with Gasteiger partial charge in [0.1, 0.15) is 5.15 Å². The molecular formula is C14H12ClFN4O2. The first-order valence-corrected chi connectivity index (χ1v) is 7.18. The van der Waals surface area contributed by atoms with Gasteiger partial charge in [-0.15, -0.1) is 0 Å². The molecule has 2 aliphatic rings. The lowest BCUT2D eigenvalue weighted by Gasteiger charge is -2.33. The summed E-state index contributed by atoms with van der Waals surface area (Å²) < 4.78 is 20.4. The predicted octanol–water partition coefficient (Wildman–Crippen LogP) is 1.83. The number of amides is 1. The molecule has 0 unspecified atom stereocenters. The van der Waals surface area contributed by atoms with Crippen LogP contribution < -0.4 is 4.90 Å². The Labute approximate surface area is 130 Å². The number of nitrogens with zero attached hydrogens (tertiary/aromatic N) is 4. The number of aromatic nitrogens is 3. The molecule has 6 nitrogen and oxygen atoms in total. The molecule has 4 heterocycles. The molecule has 0 radical (unpaired) electrons. The van der Waals surface area contributed by atoms with Crippen LogP contribution in [0, 0.1) is 0 Å². The average molecular weight is 323 g/mol. The molecule has 0 aliphatic carbocycles. The maximum absolute atomic E-state index is 14.0. The Bertz CT molecular complexity index is 759. The van der Waals surface area contributed by atoms with Crippen molar-refractivity contribution in [2.75, 3.05) is 18.1 Å². The summed E-state index contributed by atoms with van der Waals surface area (Å²) in [5, 5.41) is 4.45. The fourth-order valence-electron chi connectivity index (χ4n) is 2.69. The van der Waals surface area contributed by atoms with Gasteiger partial charge in [-0.05, 0) is 6.07 Å². The molecule has 1 saturated heterocycles. The lowest BCUT2D eigenvalue weighted by molar-refractivity contribution is -0.138. The van der Waals surface area contributed by atoms with Crippen LogP contribution in [0.1, 0.15) is 15.9 Å². The Hall–Kier alpha value is -1.99. The van der Waals surface area contributed by atoms with Crippen LogP contribution in [0.15, 0.2) is 24.7 Å². The zero-order chi connectivity index (χ0) is 15.3.